The van der Waals surface area contributed by atoms with Gasteiger partial charge in [-0.1, -0.05) is 25.0 Å². The lowest BCUT2D eigenvalue weighted by atomic mass is 9.81. The lowest BCUT2D eigenvalue weighted by Crippen LogP contribution is -2.27. The normalized spacial score (nSPS) is 30.7. The maximum Gasteiger partial charge on any atom is 0.160 e. The van der Waals surface area contributed by atoms with E-state index >= 15 is 0 Å². The lowest BCUT2D eigenvalue weighted by molar-refractivity contribution is -0.129. The van der Waals surface area contributed by atoms with E-state index in [9.17, 15) is 4.79 Å². The van der Waals surface area contributed by atoms with Gasteiger partial charge in [-0.2, -0.15) is 0 Å². The molecular weight excluding hydrogens is 404 g/mol. The largest absolute Gasteiger partial charge is 0.493 e. The van der Waals surface area contributed by atoms with E-state index in [1.807, 2.05) is 12.1 Å². The van der Waals surface area contributed by atoms with Gasteiger partial charge in [0.25, 0.3) is 0 Å². The molecule has 3 fully saturated rings. The fourth-order valence-corrected chi connectivity index (χ4v) is 6.28. The van der Waals surface area contributed by atoms with Crippen LogP contribution in [-0.4, -0.2) is 34.2 Å². The molecule has 5 rings (SSSR count). The second kappa shape index (κ2) is 7.72. The molecule has 4 unspecified atom stereocenters. The van der Waals surface area contributed by atoms with Gasteiger partial charge in [0.15, 0.2) is 23.0 Å². The average Bonchev–Trinajstić information content (AvgIpc) is 3.75. The zero-order valence-corrected chi connectivity index (χ0v) is 19.4. The summed E-state index contributed by atoms with van der Waals surface area (Å²) >= 11 is 0. The Bertz CT molecular complexity index is 965. The topological polar surface area (TPSA) is 54.0 Å². The fourth-order valence-electron chi connectivity index (χ4n) is 6.28. The number of Topliss-reactive ketones (excluding diaryl/α,β-unsaturated/α-hetero) is 1. The summed E-state index contributed by atoms with van der Waals surface area (Å²) in [5.74, 6) is 3.96. The monoisotopic (exact) mass is 436 g/mol. The highest BCUT2D eigenvalue weighted by Gasteiger charge is 2.71. The molecule has 0 saturated heterocycles. The summed E-state index contributed by atoms with van der Waals surface area (Å²) in [6, 6.07) is 12.2. The molecule has 0 heterocycles. The number of rotatable bonds is 6. The Morgan fingerprint density at radius 2 is 1.06 bits per heavy atom. The first-order valence-electron chi connectivity index (χ1n) is 11.5. The van der Waals surface area contributed by atoms with Crippen LogP contribution in [0.15, 0.2) is 36.4 Å². The van der Waals surface area contributed by atoms with Crippen LogP contribution in [0.25, 0.3) is 0 Å². The highest BCUT2D eigenvalue weighted by molar-refractivity contribution is 5.98. The standard InChI is InChI=1S/C27H32O5/c1-29-21-9-7-17(13-23(21)31-3)19-15-26(19)11-5-6-12-27(25(26)28)16-20(27)18-8-10-22(30-2)24(14-18)32-4/h7-10,13-14,19-20H,5-6,11-12,15-16H2,1-4H3. The van der Waals surface area contributed by atoms with Crippen LogP contribution in [0.4, 0.5) is 0 Å². The van der Waals surface area contributed by atoms with Crippen molar-refractivity contribution >= 4 is 5.78 Å². The van der Waals surface area contributed by atoms with Crippen LogP contribution in [0, 0.1) is 10.8 Å². The first kappa shape index (κ1) is 21.2. The minimum absolute atomic E-state index is 0.221. The summed E-state index contributed by atoms with van der Waals surface area (Å²) in [5.41, 5.74) is 1.94. The quantitative estimate of drug-likeness (QED) is 0.597. The Morgan fingerprint density at radius 1 is 0.656 bits per heavy atom. The van der Waals surface area contributed by atoms with Gasteiger partial charge < -0.3 is 18.9 Å². The lowest BCUT2D eigenvalue weighted by Gasteiger charge is -2.21. The summed E-state index contributed by atoms with van der Waals surface area (Å²) in [4.78, 5) is 14.1. The number of carbonyl (C=O) groups excluding carboxylic acids is 1. The van der Waals surface area contributed by atoms with Gasteiger partial charge in [0.2, 0.25) is 0 Å². The Balaban J connectivity index is 1.43. The second-order valence-corrected chi connectivity index (χ2v) is 9.59. The van der Waals surface area contributed by atoms with Crippen molar-refractivity contribution in [2.45, 2.75) is 50.4 Å². The van der Waals surface area contributed by atoms with E-state index in [0.717, 1.165) is 61.5 Å². The molecule has 0 aliphatic heterocycles. The summed E-state index contributed by atoms with van der Waals surface area (Å²) in [6.45, 7) is 0. The molecule has 0 radical (unpaired) electrons. The molecule has 2 aromatic carbocycles. The number of ether oxygens (including phenoxy) is 4. The minimum atomic E-state index is -0.221. The number of benzene rings is 2. The molecule has 0 N–H and O–H groups in total. The summed E-state index contributed by atoms with van der Waals surface area (Å²) < 4.78 is 21.8. The Morgan fingerprint density at radius 3 is 1.44 bits per heavy atom. The molecule has 32 heavy (non-hydrogen) atoms. The van der Waals surface area contributed by atoms with Gasteiger partial charge in [0.1, 0.15) is 5.78 Å². The molecule has 3 aliphatic rings. The smallest absolute Gasteiger partial charge is 0.160 e. The van der Waals surface area contributed by atoms with E-state index in [1.54, 1.807) is 28.4 Å². The SMILES string of the molecule is COc1ccc(C2CC23CCCCC2(CC2c2ccc(OC)c(OC)c2)C3=O)cc1OC. The fraction of sp³-hybridized carbons (Fsp3) is 0.519. The van der Waals surface area contributed by atoms with Crippen LogP contribution in [0.5, 0.6) is 23.0 Å². The molecule has 0 amide bonds. The van der Waals surface area contributed by atoms with Crippen molar-refractivity contribution in [1.82, 2.24) is 0 Å². The van der Waals surface area contributed by atoms with Crippen molar-refractivity contribution in [3.05, 3.63) is 47.5 Å². The molecular formula is C27H32O5. The van der Waals surface area contributed by atoms with Crippen LogP contribution >= 0.6 is 0 Å². The highest BCUT2D eigenvalue weighted by Crippen LogP contribution is 2.74. The molecule has 5 heteroatoms. The number of carbonyl (C=O) groups is 1. The molecule has 170 valence electrons. The Labute approximate surface area is 190 Å². The Kier molecular flexibility index (Phi) is 5.11. The van der Waals surface area contributed by atoms with E-state index in [4.69, 9.17) is 18.9 Å². The summed E-state index contributed by atoms with van der Waals surface area (Å²) in [6.07, 6.45) is 6.12. The third kappa shape index (κ3) is 3.08. The van der Waals surface area contributed by atoms with Crippen LogP contribution in [0.1, 0.15) is 61.5 Å². The van der Waals surface area contributed by atoms with Crippen LogP contribution < -0.4 is 18.9 Å². The minimum Gasteiger partial charge on any atom is -0.493 e. The van der Waals surface area contributed by atoms with E-state index < -0.39 is 0 Å². The predicted molar refractivity (Wildman–Crippen MR) is 122 cm³/mol. The van der Waals surface area contributed by atoms with Crippen molar-refractivity contribution < 1.29 is 23.7 Å². The van der Waals surface area contributed by atoms with Gasteiger partial charge >= 0.3 is 0 Å². The van der Waals surface area contributed by atoms with Gasteiger partial charge in [0.05, 0.1) is 28.4 Å². The number of methoxy groups -OCH3 is 4. The molecule has 2 spiro atoms. The van der Waals surface area contributed by atoms with Crippen molar-refractivity contribution in [1.29, 1.82) is 0 Å². The number of hydrogen-bond acceptors (Lipinski definition) is 5. The number of ketones is 1. The highest BCUT2D eigenvalue weighted by atomic mass is 16.5. The van der Waals surface area contributed by atoms with Crippen molar-refractivity contribution in [2.24, 2.45) is 10.8 Å². The summed E-state index contributed by atoms with van der Waals surface area (Å²) in [7, 11) is 6.62. The van der Waals surface area contributed by atoms with Crippen LogP contribution in [0.3, 0.4) is 0 Å². The maximum absolute atomic E-state index is 14.1. The Hall–Kier alpha value is -2.69. The van der Waals surface area contributed by atoms with Crippen molar-refractivity contribution in [3.63, 3.8) is 0 Å². The summed E-state index contributed by atoms with van der Waals surface area (Å²) in [5, 5.41) is 0. The molecule has 5 nitrogen and oxygen atoms in total. The van der Waals surface area contributed by atoms with Gasteiger partial charge in [0, 0.05) is 10.8 Å². The second-order valence-electron chi connectivity index (χ2n) is 9.59. The average molecular weight is 437 g/mol. The van der Waals surface area contributed by atoms with E-state index in [0.29, 0.717) is 5.78 Å². The van der Waals surface area contributed by atoms with E-state index in [2.05, 4.69) is 24.3 Å². The van der Waals surface area contributed by atoms with E-state index in [1.165, 1.54) is 11.1 Å². The van der Waals surface area contributed by atoms with Crippen molar-refractivity contribution in [2.75, 3.05) is 28.4 Å². The molecule has 0 bridgehead atoms. The van der Waals surface area contributed by atoms with Crippen molar-refractivity contribution in [3.8, 4) is 23.0 Å². The molecule has 0 aromatic heterocycles. The first-order valence-corrected chi connectivity index (χ1v) is 11.5. The predicted octanol–water partition coefficient (Wildman–Crippen LogP) is 5.51. The van der Waals surface area contributed by atoms with Crippen LogP contribution in [0.2, 0.25) is 0 Å². The maximum atomic E-state index is 14.1. The first-order chi connectivity index (χ1) is 15.5. The van der Waals surface area contributed by atoms with Gasteiger partial charge in [-0.3, -0.25) is 4.79 Å². The molecule has 3 saturated carbocycles. The molecule has 4 atom stereocenters. The van der Waals surface area contributed by atoms with Gasteiger partial charge in [-0.05, 0) is 72.9 Å². The molecule has 2 aromatic rings. The van der Waals surface area contributed by atoms with Crippen LogP contribution in [-0.2, 0) is 4.79 Å². The zero-order valence-electron chi connectivity index (χ0n) is 19.4. The third-order valence-corrected chi connectivity index (χ3v) is 8.17. The zero-order chi connectivity index (χ0) is 22.5. The van der Waals surface area contributed by atoms with Gasteiger partial charge in [-0.25, -0.2) is 0 Å². The van der Waals surface area contributed by atoms with E-state index in [-0.39, 0.29) is 22.7 Å². The number of hydrogen-bond donors (Lipinski definition) is 0. The van der Waals surface area contributed by atoms with Gasteiger partial charge in [-0.15, -0.1) is 0 Å². The molecule has 3 aliphatic carbocycles. The third-order valence-electron chi connectivity index (χ3n) is 8.17.